The molecule has 1 fully saturated rings. The van der Waals surface area contributed by atoms with E-state index in [1.165, 1.54) is 17.5 Å². The van der Waals surface area contributed by atoms with Crippen LogP contribution in [0.25, 0.3) is 0 Å². The molecule has 1 saturated heterocycles. The van der Waals surface area contributed by atoms with Crippen molar-refractivity contribution in [3.05, 3.63) is 34.6 Å². The van der Waals surface area contributed by atoms with Gasteiger partial charge in [-0.2, -0.15) is 0 Å². The van der Waals surface area contributed by atoms with E-state index in [-0.39, 0.29) is 5.82 Å². The van der Waals surface area contributed by atoms with Crippen LogP contribution in [-0.2, 0) is 6.42 Å². The Labute approximate surface area is 90.7 Å². The number of halogens is 1. The Kier molecular flexibility index (Phi) is 3.06. The number of rotatable bonds is 2. The fraction of sp³-hybridized carbons (Fsp3) is 0.538. The predicted molar refractivity (Wildman–Crippen MR) is 60.6 cm³/mol. The maximum absolute atomic E-state index is 13.4. The molecule has 0 amide bonds. The zero-order chi connectivity index (χ0) is 10.8. The Morgan fingerprint density at radius 2 is 2.20 bits per heavy atom. The van der Waals surface area contributed by atoms with Crippen LogP contribution in [0.3, 0.4) is 0 Å². The molecule has 0 bridgehead atoms. The molecule has 2 heteroatoms. The molecule has 0 radical (unpaired) electrons. The van der Waals surface area contributed by atoms with Gasteiger partial charge < -0.3 is 5.32 Å². The van der Waals surface area contributed by atoms with Crippen LogP contribution in [0.2, 0.25) is 0 Å². The first-order chi connectivity index (χ1) is 7.18. The van der Waals surface area contributed by atoms with Gasteiger partial charge in [0.2, 0.25) is 0 Å². The van der Waals surface area contributed by atoms with Gasteiger partial charge in [-0.15, -0.1) is 0 Å². The normalized spacial score (nSPS) is 20.9. The topological polar surface area (TPSA) is 12.0 Å². The van der Waals surface area contributed by atoms with Crippen LogP contribution >= 0.6 is 0 Å². The van der Waals surface area contributed by atoms with Gasteiger partial charge in [-0.05, 0) is 68.5 Å². The molecule has 1 aliphatic rings. The Morgan fingerprint density at radius 3 is 2.87 bits per heavy atom. The smallest absolute Gasteiger partial charge is 0.126 e. The van der Waals surface area contributed by atoms with Gasteiger partial charge in [-0.3, -0.25) is 0 Å². The Bertz CT molecular complexity index is 354. The van der Waals surface area contributed by atoms with E-state index >= 15 is 0 Å². The molecule has 0 spiro atoms. The molecule has 2 rings (SSSR count). The number of aryl methyl sites for hydroxylation is 1. The number of hydrogen-bond acceptors (Lipinski definition) is 1. The molecular weight excluding hydrogens is 189 g/mol. The lowest BCUT2D eigenvalue weighted by Crippen LogP contribution is -2.12. The first-order valence-electron chi connectivity index (χ1n) is 5.64. The Balaban J connectivity index is 2.22. The lowest BCUT2D eigenvalue weighted by Gasteiger charge is -2.14. The Morgan fingerprint density at radius 1 is 1.40 bits per heavy atom. The van der Waals surface area contributed by atoms with Gasteiger partial charge in [0, 0.05) is 0 Å². The summed E-state index contributed by atoms with van der Waals surface area (Å²) in [4.78, 5) is 0. The fourth-order valence-electron chi connectivity index (χ4n) is 2.36. The standard InChI is InChI=1S/C13H18FN/c1-9-3-4-13(14)10(2)12(9)7-11-5-6-15-8-11/h3-4,11,15H,5-8H2,1-2H3. The summed E-state index contributed by atoms with van der Waals surface area (Å²) >= 11 is 0. The van der Waals surface area contributed by atoms with Crippen molar-refractivity contribution >= 4 is 0 Å². The highest BCUT2D eigenvalue weighted by Crippen LogP contribution is 2.22. The molecule has 1 atom stereocenters. The molecule has 0 saturated carbocycles. The third kappa shape index (κ3) is 2.20. The van der Waals surface area contributed by atoms with Crippen molar-refractivity contribution in [2.24, 2.45) is 5.92 Å². The van der Waals surface area contributed by atoms with Gasteiger partial charge in [0.15, 0.2) is 0 Å². The van der Waals surface area contributed by atoms with E-state index in [9.17, 15) is 4.39 Å². The van der Waals surface area contributed by atoms with Gasteiger partial charge in [-0.1, -0.05) is 6.07 Å². The first kappa shape index (κ1) is 10.6. The van der Waals surface area contributed by atoms with E-state index in [4.69, 9.17) is 0 Å². The van der Waals surface area contributed by atoms with Crippen molar-refractivity contribution in [1.29, 1.82) is 0 Å². The van der Waals surface area contributed by atoms with Crippen molar-refractivity contribution in [3.63, 3.8) is 0 Å². The van der Waals surface area contributed by atoms with Gasteiger partial charge in [-0.25, -0.2) is 4.39 Å². The number of hydrogen-bond donors (Lipinski definition) is 1. The van der Waals surface area contributed by atoms with Crippen LogP contribution in [-0.4, -0.2) is 13.1 Å². The van der Waals surface area contributed by atoms with E-state index in [0.717, 1.165) is 25.1 Å². The van der Waals surface area contributed by atoms with Crippen LogP contribution < -0.4 is 5.32 Å². The van der Waals surface area contributed by atoms with Crippen molar-refractivity contribution < 1.29 is 4.39 Å². The predicted octanol–water partition coefficient (Wildman–Crippen LogP) is 2.59. The van der Waals surface area contributed by atoms with Crippen molar-refractivity contribution in [2.45, 2.75) is 26.7 Å². The highest BCUT2D eigenvalue weighted by atomic mass is 19.1. The highest BCUT2D eigenvalue weighted by Gasteiger charge is 2.17. The van der Waals surface area contributed by atoms with Crippen LogP contribution in [0, 0.1) is 25.6 Å². The highest BCUT2D eigenvalue weighted by molar-refractivity contribution is 5.35. The summed E-state index contributed by atoms with van der Waals surface area (Å²) < 4.78 is 13.4. The maximum atomic E-state index is 13.4. The van der Waals surface area contributed by atoms with Crippen LogP contribution in [0.1, 0.15) is 23.1 Å². The van der Waals surface area contributed by atoms with Crippen LogP contribution in [0.15, 0.2) is 12.1 Å². The second-order valence-corrected chi connectivity index (χ2v) is 4.53. The Hall–Kier alpha value is -0.890. The van der Waals surface area contributed by atoms with E-state index in [1.54, 1.807) is 6.07 Å². The lowest BCUT2D eigenvalue weighted by atomic mass is 9.92. The van der Waals surface area contributed by atoms with Gasteiger partial charge in [0.25, 0.3) is 0 Å². The quantitative estimate of drug-likeness (QED) is 0.786. The third-order valence-corrected chi connectivity index (χ3v) is 3.42. The molecule has 1 aromatic rings. The number of nitrogens with one attached hydrogen (secondary N) is 1. The minimum Gasteiger partial charge on any atom is -0.316 e. The zero-order valence-corrected chi connectivity index (χ0v) is 9.44. The van der Waals surface area contributed by atoms with Crippen molar-refractivity contribution in [3.8, 4) is 0 Å². The molecule has 1 aromatic carbocycles. The van der Waals surface area contributed by atoms with Crippen LogP contribution in [0.4, 0.5) is 4.39 Å². The zero-order valence-electron chi connectivity index (χ0n) is 9.44. The SMILES string of the molecule is Cc1ccc(F)c(C)c1CC1CCNC1. The van der Waals surface area contributed by atoms with Gasteiger partial charge in [0.05, 0.1) is 0 Å². The lowest BCUT2D eigenvalue weighted by molar-refractivity contribution is 0.566. The minimum atomic E-state index is -0.0680. The summed E-state index contributed by atoms with van der Waals surface area (Å²) in [5, 5.41) is 3.35. The summed E-state index contributed by atoms with van der Waals surface area (Å²) in [6.45, 7) is 6.15. The molecule has 15 heavy (non-hydrogen) atoms. The summed E-state index contributed by atoms with van der Waals surface area (Å²) in [5.74, 6) is 0.616. The van der Waals surface area contributed by atoms with Crippen molar-refractivity contribution in [1.82, 2.24) is 5.32 Å². The van der Waals surface area contributed by atoms with E-state index in [1.807, 2.05) is 13.0 Å². The maximum Gasteiger partial charge on any atom is 0.126 e. The molecule has 1 nitrogen and oxygen atoms in total. The molecular formula is C13H18FN. The largest absolute Gasteiger partial charge is 0.316 e. The minimum absolute atomic E-state index is 0.0680. The average Bonchev–Trinajstić information content (AvgIpc) is 2.71. The summed E-state index contributed by atoms with van der Waals surface area (Å²) in [6, 6.07) is 3.46. The third-order valence-electron chi connectivity index (χ3n) is 3.42. The molecule has 82 valence electrons. The van der Waals surface area contributed by atoms with E-state index in [2.05, 4.69) is 12.2 Å². The van der Waals surface area contributed by atoms with Gasteiger partial charge >= 0.3 is 0 Å². The van der Waals surface area contributed by atoms with Crippen LogP contribution in [0.5, 0.6) is 0 Å². The molecule has 1 N–H and O–H groups in total. The molecule has 0 aliphatic carbocycles. The average molecular weight is 207 g/mol. The second kappa shape index (κ2) is 4.31. The molecule has 1 unspecified atom stereocenters. The first-order valence-corrected chi connectivity index (χ1v) is 5.64. The monoisotopic (exact) mass is 207 g/mol. The summed E-state index contributed by atoms with van der Waals surface area (Å²) in [6.07, 6.45) is 2.23. The fourth-order valence-corrected chi connectivity index (χ4v) is 2.36. The summed E-state index contributed by atoms with van der Waals surface area (Å²) in [5.41, 5.74) is 3.27. The van der Waals surface area contributed by atoms with Crippen molar-refractivity contribution in [2.75, 3.05) is 13.1 Å². The number of benzene rings is 1. The van der Waals surface area contributed by atoms with E-state index < -0.39 is 0 Å². The molecule has 0 aromatic heterocycles. The van der Waals surface area contributed by atoms with E-state index in [0.29, 0.717) is 5.92 Å². The second-order valence-electron chi connectivity index (χ2n) is 4.53. The molecule has 1 heterocycles. The van der Waals surface area contributed by atoms with Gasteiger partial charge in [0.1, 0.15) is 5.82 Å². The molecule has 1 aliphatic heterocycles. The summed E-state index contributed by atoms with van der Waals surface area (Å²) in [7, 11) is 0.